The molecule has 1 aromatic heterocycles. The van der Waals surface area contributed by atoms with Crippen LogP contribution < -0.4 is 10.5 Å². The molecule has 106 valence electrons. The Balaban J connectivity index is 2.44. The van der Waals surface area contributed by atoms with E-state index in [1.807, 2.05) is 6.92 Å². The van der Waals surface area contributed by atoms with Crippen molar-refractivity contribution in [1.29, 1.82) is 0 Å². The van der Waals surface area contributed by atoms with Gasteiger partial charge in [0, 0.05) is 15.7 Å². The molecule has 2 aromatic rings. The van der Waals surface area contributed by atoms with E-state index >= 15 is 0 Å². The topological polar surface area (TPSA) is 85.1 Å². The van der Waals surface area contributed by atoms with Gasteiger partial charge in [-0.05, 0) is 52.7 Å². The minimum absolute atomic E-state index is 0.0781. The molecule has 0 aliphatic carbocycles. The predicted molar refractivity (Wildman–Crippen MR) is 83.3 cm³/mol. The molecule has 0 bridgehead atoms. The first-order chi connectivity index (χ1) is 9.31. The van der Waals surface area contributed by atoms with Gasteiger partial charge in [0.15, 0.2) is 5.03 Å². The quantitative estimate of drug-likeness (QED) is 0.861. The summed E-state index contributed by atoms with van der Waals surface area (Å²) in [6, 6.07) is 6.28. The van der Waals surface area contributed by atoms with Crippen molar-refractivity contribution in [2.24, 2.45) is 0 Å². The van der Waals surface area contributed by atoms with E-state index in [1.54, 1.807) is 12.1 Å². The number of pyridine rings is 1. The van der Waals surface area contributed by atoms with Crippen LogP contribution in [0.1, 0.15) is 5.56 Å². The van der Waals surface area contributed by atoms with Crippen molar-refractivity contribution in [3.8, 4) is 0 Å². The van der Waals surface area contributed by atoms with Crippen LogP contribution in [-0.2, 0) is 10.0 Å². The number of nitrogens with one attached hydrogen (secondary N) is 1. The second-order valence-electron chi connectivity index (χ2n) is 4.08. The number of nitrogens with zero attached hydrogens (tertiary/aromatic N) is 1. The van der Waals surface area contributed by atoms with Crippen LogP contribution in [0.25, 0.3) is 0 Å². The molecule has 0 aliphatic heterocycles. The van der Waals surface area contributed by atoms with Gasteiger partial charge in [-0.2, -0.15) is 8.42 Å². The van der Waals surface area contributed by atoms with E-state index in [9.17, 15) is 8.42 Å². The third kappa shape index (κ3) is 3.05. The zero-order chi connectivity index (χ0) is 14.9. The number of nitrogen functional groups attached to an aromatic ring is 1. The summed E-state index contributed by atoms with van der Waals surface area (Å²) < 4.78 is 27.5. The molecule has 0 unspecified atom stereocenters. The number of hydrogen-bond acceptors (Lipinski definition) is 4. The lowest BCUT2D eigenvalue weighted by Gasteiger charge is -2.11. The van der Waals surface area contributed by atoms with Crippen LogP contribution in [-0.4, -0.2) is 13.4 Å². The van der Waals surface area contributed by atoms with E-state index in [0.29, 0.717) is 15.2 Å². The minimum Gasteiger partial charge on any atom is -0.396 e. The summed E-state index contributed by atoms with van der Waals surface area (Å²) in [5.74, 6) is 0. The van der Waals surface area contributed by atoms with Gasteiger partial charge >= 0.3 is 0 Å². The zero-order valence-electron chi connectivity index (χ0n) is 10.4. The number of aromatic nitrogens is 1. The van der Waals surface area contributed by atoms with Crippen molar-refractivity contribution in [3.63, 3.8) is 0 Å². The van der Waals surface area contributed by atoms with Crippen LogP contribution in [0.5, 0.6) is 0 Å². The molecule has 0 spiro atoms. The van der Waals surface area contributed by atoms with Crippen LogP contribution in [0.4, 0.5) is 11.4 Å². The highest BCUT2D eigenvalue weighted by atomic mass is 79.9. The Morgan fingerprint density at radius 2 is 2.10 bits per heavy atom. The molecule has 0 saturated carbocycles. The smallest absolute Gasteiger partial charge is 0.281 e. The van der Waals surface area contributed by atoms with Crippen molar-refractivity contribution in [3.05, 3.63) is 45.5 Å². The molecule has 0 saturated heterocycles. The third-order valence-corrected chi connectivity index (χ3v) is 4.95. The Morgan fingerprint density at radius 1 is 1.40 bits per heavy atom. The van der Waals surface area contributed by atoms with Gasteiger partial charge < -0.3 is 5.73 Å². The first-order valence-corrected chi connectivity index (χ1v) is 8.15. The number of benzene rings is 1. The Morgan fingerprint density at radius 3 is 2.75 bits per heavy atom. The first kappa shape index (κ1) is 15.1. The fraction of sp³-hybridized carbons (Fsp3) is 0.0833. The summed E-state index contributed by atoms with van der Waals surface area (Å²) in [7, 11) is -3.87. The highest BCUT2D eigenvalue weighted by molar-refractivity contribution is 9.10. The maximum absolute atomic E-state index is 12.3. The van der Waals surface area contributed by atoms with Gasteiger partial charge in [-0.25, -0.2) is 4.98 Å². The summed E-state index contributed by atoms with van der Waals surface area (Å²) >= 11 is 9.28. The largest absolute Gasteiger partial charge is 0.396 e. The Hall–Kier alpha value is -1.31. The fourth-order valence-electron chi connectivity index (χ4n) is 1.55. The maximum atomic E-state index is 12.3. The number of aryl methyl sites for hydroxylation is 1. The van der Waals surface area contributed by atoms with Crippen LogP contribution >= 0.6 is 27.5 Å². The zero-order valence-corrected chi connectivity index (χ0v) is 13.6. The summed E-state index contributed by atoms with van der Waals surface area (Å²) in [4.78, 5) is 3.79. The molecule has 0 fully saturated rings. The van der Waals surface area contributed by atoms with Crippen LogP contribution in [0.2, 0.25) is 5.02 Å². The number of anilines is 2. The van der Waals surface area contributed by atoms with Gasteiger partial charge in [0.25, 0.3) is 10.0 Å². The van der Waals surface area contributed by atoms with Crippen molar-refractivity contribution < 1.29 is 8.42 Å². The average molecular weight is 377 g/mol. The molecule has 0 amide bonds. The maximum Gasteiger partial charge on any atom is 0.281 e. The number of sulfonamides is 1. The Bertz CT molecular complexity index is 765. The number of halogens is 2. The second kappa shape index (κ2) is 5.59. The highest BCUT2D eigenvalue weighted by Gasteiger charge is 2.20. The molecule has 5 nitrogen and oxygen atoms in total. The monoisotopic (exact) mass is 375 g/mol. The van der Waals surface area contributed by atoms with E-state index in [2.05, 4.69) is 25.6 Å². The van der Waals surface area contributed by atoms with Crippen molar-refractivity contribution in [2.75, 3.05) is 10.5 Å². The van der Waals surface area contributed by atoms with E-state index in [-0.39, 0.29) is 10.7 Å². The SMILES string of the molecule is Cc1cc(Br)c(NS(=O)(=O)c2ncccc2N)cc1Cl. The molecular weight excluding hydrogens is 366 g/mol. The van der Waals surface area contributed by atoms with Crippen molar-refractivity contribution in [1.82, 2.24) is 4.98 Å². The average Bonchev–Trinajstić information content (AvgIpc) is 2.36. The van der Waals surface area contributed by atoms with Gasteiger partial charge in [0.1, 0.15) is 0 Å². The lowest BCUT2D eigenvalue weighted by molar-refractivity contribution is 0.598. The first-order valence-electron chi connectivity index (χ1n) is 5.50. The van der Waals surface area contributed by atoms with Crippen molar-refractivity contribution >= 4 is 48.9 Å². The summed E-state index contributed by atoms with van der Waals surface area (Å²) in [6.45, 7) is 1.82. The van der Waals surface area contributed by atoms with Gasteiger partial charge in [-0.1, -0.05) is 11.6 Å². The molecule has 0 radical (unpaired) electrons. The van der Waals surface area contributed by atoms with E-state index < -0.39 is 10.0 Å². The number of rotatable bonds is 3. The minimum atomic E-state index is -3.87. The van der Waals surface area contributed by atoms with Gasteiger partial charge in [0.05, 0.1) is 11.4 Å². The normalized spacial score (nSPS) is 11.3. The lowest BCUT2D eigenvalue weighted by Crippen LogP contribution is -2.16. The molecule has 0 atom stereocenters. The molecule has 1 aromatic carbocycles. The molecule has 0 aliphatic rings. The van der Waals surface area contributed by atoms with Gasteiger partial charge in [-0.3, -0.25) is 4.72 Å². The fourth-order valence-corrected chi connectivity index (χ4v) is 3.53. The third-order valence-electron chi connectivity index (χ3n) is 2.55. The van der Waals surface area contributed by atoms with E-state index in [1.165, 1.54) is 18.3 Å². The van der Waals surface area contributed by atoms with Gasteiger partial charge in [-0.15, -0.1) is 0 Å². The predicted octanol–water partition coefficient (Wildman–Crippen LogP) is 3.19. The molecule has 20 heavy (non-hydrogen) atoms. The van der Waals surface area contributed by atoms with E-state index in [0.717, 1.165) is 5.56 Å². The van der Waals surface area contributed by atoms with Crippen molar-refractivity contribution in [2.45, 2.75) is 11.9 Å². The summed E-state index contributed by atoms with van der Waals surface area (Å²) in [5, 5.41) is 0.239. The van der Waals surface area contributed by atoms with E-state index in [4.69, 9.17) is 17.3 Å². The molecule has 1 heterocycles. The molecule has 2 rings (SSSR count). The Kier molecular flexibility index (Phi) is 4.22. The Labute approximate surface area is 130 Å². The van der Waals surface area contributed by atoms with Gasteiger partial charge in [0.2, 0.25) is 0 Å². The summed E-state index contributed by atoms with van der Waals surface area (Å²) in [6.07, 6.45) is 1.36. The molecule has 8 heteroatoms. The number of hydrogen-bond donors (Lipinski definition) is 2. The molecular formula is C12H11BrClN3O2S. The van der Waals surface area contributed by atoms with Crippen LogP contribution in [0.15, 0.2) is 40.0 Å². The standard InChI is InChI=1S/C12H11BrClN3O2S/c1-7-5-8(13)11(6-9(7)14)17-20(18,19)12-10(15)3-2-4-16-12/h2-6,17H,15H2,1H3. The highest BCUT2D eigenvalue weighted by Crippen LogP contribution is 2.31. The molecule has 3 N–H and O–H groups in total. The summed E-state index contributed by atoms with van der Waals surface area (Å²) in [5.41, 5.74) is 6.87. The lowest BCUT2D eigenvalue weighted by atomic mass is 10.2. The second-order valence-corrected chi connectivity index (χ2v) is 6.94. The van der Waals surface area contributed by atoms with Crippen LogP contribution in [0, 0.1) is 6.92 Å². The van der Waals surface area contributed by atoms with Crippen LogP contribution in [0.3, 0.4) is 0 Å². The number of nitrogens with two attached hydrogens (primary N) is 1.